The lowest BCUT2D eigenvalue weighted by molar-refractivity contribution is -0.135. The molecule has 0 saturated carbocycles. The number of thioether (sulfide) groups is 1. The molecule has 36 heavy (non-hydrogen) atoms. The minimum absolute atomic E-state index is 0.0445. The van der Waals surface area contributed by atoms with Gasteiger partial charge >= 0.3 is 0 Å². The van der Waals surface area contributed by atoms with Crippen LogP contribution < -0.4 is 5.73 Å². The fourth-order valence-corrected chi connectivity index (χ4v) is 6.59. The van der Waals surface area contributed by atoms with Crippen molar-refractivity contribution in [1.82, 2.24) is 9.88 Å². The Bertz CT molecular complexity index is 1430. The highest BCUT2D eigenvalue weighted by Gasteiger charge is 2.65. The summed E-state index contributed by atoms with van der Waals surface area (Å²) in [4.78, 5) is 24.0. The zero-order valence-electron chi connectivity index (χ0n) is 19.2. The molecule has 4 atom stereocenters. The summed E-state index contributed by atoms with van der Waals surface area (Å²) in [6.07, 6.45) is 5.23. The van der Waals surface area contributed by atoms with E-state index in [-0.39, 0.29) is 34.5 Å². The highest BCUT2D eigenvalue weighted by Crippen LogP contribution is 2.61. The number of hydrogen-bond donors (Lipinski definition) is 1. The largest absolute Gasteiger partial charge is 0.378 e. The summed E-state index contributed by atoms with van der Waals surface area (Å²) in [5.41, 5.74) is 6.63. The first-order valence-corrected chi connectivity index (χ1v) is 12.3. The molecule has 4 aliphatic rings. The van der Waals surface area contributed by atoms with Crippen LogP contribution in [-0.4, -0.2) is 51.0 Å². The number of amides is 1. The van der Waals surface area contributed by atoms with Crippen LogP contribution in [0.3, 0.4) is 0 Å². The molecule has 6 rings (SSSR count). The van der Waals surface area contributed by atoms with Crippen molar-refractivity contribution >= 4 is 34.7 Å². The minimum atomic E-state index is -1.21. The third-order valence-corrected chi connectivity index (χ3v) is 8.35. The van der Waals surface area contributed by atoms with Gasteiger partial charge in [-0.05, 0) is 54.8 Å². The molecule has 1 aliphatic carbocycles. The lowest BCUT2D eigenvalue weighted by atomic mass is 9.85. The first kappa shape index (κ1) is 22.9. The molecule has 2 N–H and O–H groups in total. The lowest BCUT2D eigenvalue weighted by Crippen LogP contribution is -2.50. The monoisotopic (exact) mass is 505 g/mol. The van der Waals surface area contributed by atoms with Gasteiger partial charge in [-0.3, -0.25) is 9.78 Å². The van der Waals surface area contributed by atoms with Crippen LogP contribution in [0, 0.1) is 17.1 Å². The third kappa shape index (κ3) is 3.45. The molecule has 2 saturated heterocycles. The van der Waals surface area contributed by atoms with Crippen molar-refractivity contribution < 1.29 is 18.3 Å². The summed E-state index contributed by atoms with van der Waals surface area (Å²) < 4.78 is 34.7. The number of aliphatic imine (C=N–C) groups is 1. The number of nitrogens with zero attached hydrogens (tertiary/aromatic N) is 4. The zero-order valence-corrected chi connectivity index (χ0v) is 20.1. The van der Waals surface area contributed by atoms with Gasteiger partial charge in [0.2, 0.25) is 5.91 Å². The number of halogens is 2. The number of pyridine rings is 1. The average molecular weight is 506 g/mol. The Kier molecular flexibility index (Phi) is 5.07. The highest BCUT2D eigenvalue weighted by molar-refractivity contribution is 8.16. The number of ether oxygens (including phenoxy) is 1. The molecule has 10 heteroatoms. The number of morpholine rings is 1. The predicted molar refractivity (Wildman–Crippen MR) is 132 cm³/mol. The number of amidine groups is 1. The van der Waals surface area contributed by atoms with Gasteiger partial charge in [-0.1, -0.05) is 23.9 Å². The standard InChI is InChI=1S/C26H21F2N5O2S/c1-25(18-6-14(2-4-19(18)27)7-20(28)21-5-3-15(10-29)11-31-21)22-9-26(22,36-24(30)32-25)23(34)33-12-17-8-16(33)13-35-17/h2-7,9,11,16-17H,8,12-13H2,1H3,(H2,30,32)/b20-7-/t16?,17?,25-,26+/m1/s1. The fourth-order valence-electron chi connectivity index (χ4n) is 5.34. The van der Waals surface area contributed by atoms with E-state index in [0.29, 0.717) is 29.9 Å². The van der Waals surface area contributed by atoms with Crippen molar-refractivity contribution in [2.75, 3.05) is 13.2 Å². The van der Waals surface area contributed by atoms with Crippen molar-refractivity contribution in [3.63, 3.8) is 0 Å². The Morgan fingerprint density at radius 2 is 2.22 bits per heavy atom. The van der Waals surface area contributed by atoms with Gasteiger partial charge in [0, 0.05) is 18.3 Å². The predicted octanol–water partition coefficient (Wildman–Crippen LogP) is 3.52. The molecule has 2 aromatic rings. The first-order chi connectivity index (χ1) is 17.2. The molecule has 2 unspecified atom stereocenters. The molecule has 3 aliphatic heterocycles. The number of benzene rings is 1. The normalized spacial score (nSPS) is 30.4. The third-order valence-electron chi connectivity index (χ3n) is 7.21. The van der Waals surface area contributed by atoms with Crippen LogP contribution >= 0.6 is 11.8 Å². The van der Waals surface area contributed by atoms with Crippen LogP contribution in [0.15, 0.2) is 53.2 Å². The molecule has 0 spiro atoms. The molecule has 2 bridgehead atoms. The van der Waals surface area contributed by atoms with E-state index < -0.39 is 21.9 Å². The van der Waals surface area contributed by atoms with Crippen LogP contribution in [0.4, 0.5) is 8.78 Å². The molecule has 7 nitrogen and oxygen atoms in total. The topological polar surface area (TPSA) is 105 Å². The van der Waals surface area contributed by atoms with E-state index in [2.05, 4.69) is 9.98 Å². The molecule has 0 radical (unpaired) electrons. The summed E-state index contributed by atoms with van der Waals surface area (Å²) in [5.74, 6) is -1.24. The van der Waals surface area contributed by atoms with Gasteiger partial charge in [0.1, 0.15) is 28.0 Å². The zero-order chi connectivity index (χ0) is 25.2. The number of carbonyl (C=O) groups is 1. The average Bonchev–Trinajstić information content (AvgIpc) is 3.25. The van der Waals surface area contributed by atoms with Crippen molar-refractivity contribution in [2.45, 2.75) is 35.8 Å². The second kappa shape index (κ2) is 7.98. The second-order valence-corrected chi connectivity index (χ2v) is 10.8. The van der Waals surface area contributed by atoms with E-state index in [1.54, 1.807) is 6.92 Å². The smallest absolute Gasteiger partial charge is 0.247 e. The van der Waals surface area contributed by atoms with Gasteiger partial charge in [-0.2, -0.15) is 5.26 Å². The minimum Gasteiger partial charge on any atom is -0.378 e. The maximum Gasteiger partial charge on any atom is 0.247 e. The van der Waals surface area contributed by atoms with Crippen molar-refractivity contribution in [1.29, 1.82) is 5.26 Å². The molecular formula is C26H21F2N5O2S. The maximum atomic E-state index is 15.2. The van der Waals surface area contributed by atoms with E-state index >= 15 is 4.39 Å². The van der Waals surface area contributed by atoms with Crippen molar-refractivity contribution in [2.24, 2.45) is 10.7 Å². The van der Waals surface area contributed by atoms with Crippen molar-refractivity contribution in [3.05, 3.63) is 76.4 Å². The number of carbonyl (C=O) groups excluding carboxylic acids is 1. The molecule has 2 fully saturated rings. The van der Waals surface area contributed by atoms with Crippen LogP contribution in [0.25, 0.3) is 11.9 Å². The first-order valence-electron chi connectivity index (χ1n) is 11.5. The van der Waals surface area contributed by atoms with E-state index in [1.165, 1.54) is 54.4 Å². The maximum absolute atomic E-state index is 15.2. The van der Waals surface area contributed by atoms with Crippen molar-refractivity contribution in [3.8, 4) is 6.07 Å². The molecular weight excluding hydrogens is 484 g/mol. The highest BCUT2D eigenvalue weighted by atomic mass is 32.2. The number of hydrogen-bond acceptors (Lipinski definition) is 7. The van der Waals surface area contributed by atoms with Gasteiger partial charge in [-0.15, -0.1) is 0 Å². The van der Waals surface area contributed by atoms with Crippen LogP contribution in [0.1, 0.15) is 35.7 Å². The Balaban J connectivity index is 1.33. The van der Waals surface area contributed by atoms with E-state index in [9.17, 15) is 9.18 Å². The summed E-state index contributed by atoms with van der Waals surface area (Å²) >= 11 is 1.18. The lowest BCUT2D eigenvalue weighted by Gasteiger charge is -2.37. The molecule has 1 amide bonds. The Labute approximate surface area is 210 Å². The number of likely N-dealkylation sites (tertiary alicyclic amines) is 1. The summed E-state index contributed by atoms with van der Waals surface area (Å²) in [6, 6.07) is 9.09. The van der Waals surface area contributed by atoms with Gasteiger partial charge in [-0.25, -0.2) is 13.8 Å². The Morgan fingerprint density at radius 3 is 2.89 bits per heavy atom. The fraction of sp³-hybridized carbons (Fsp3) is 0.308. The molecule has 1 aromatic carbocycles. The number of nitrogens with two attached hydrogens (primary N) is 1. The number of rotatable bonds is 4. The summed E-state index contributed by atoms with van der Waals surface area (Å²) in [6.45, 7) is 2.79. The number of nitriles is 1. The van der Waals surface area contributed by atoms with Gasteiger partial charge in [0.15, 0.2) is 5.17 Å². The van der Waals surface area contributed by atoms with Gasteiger partial charge in [0.05, 0.1) is 30.0 Å². The quantitative estimate of drug-likeness (QED) is 0.638. The number of aromatic nitrogens is 1. The van der Waals surface area contributed by atoms with E-state index in [0.717, 1.165) is 6.42 Å². The van der Waals surface area contributed by atoms with Crippen LogP contribution in [0.5, 0.6) is 0 Å². The van der Waals surface area contributed by atoms with Gasteiger partial charge < -0.3 is 15.4 Å². The second-order valence-electron chi connectivity index (χ2n) is 9.50. The Morgan fingerprint density at radius 1 is 1.39 bits per heavy atom. The Hall–Kier alpha value is -3.55. The van der Waals surface area contributed by atoms with Gasteiger partial charge in [0.25, 0.3) is 0 Å². The van der Waals surface area contributed by atoms with E-state index in [4.69, 9.17) is 15.7 Å². The van der Waals surface area contributed by atoms with Crippen LogP contribution in [0.2, 0.25) is 0 Å². The van der Waals surface area contributed by atoms with E-state index in [1.807, 2.05) is 17.0 Å². The molecule has 182 valence electrons. The summed E-state index contributed by atoms with van der Waals surface area (Å²) in [7, 11) is 0. The number of fused-ring (bicyclic) bond motifs is 3. The summed E-state index contributed by atoms with van der Waals surface area (Å²) in [5, 5.41) is 9.10. The SMILES string of the molecule is C[C@]1(c2cc(/C=C(\F)c3ccc(C#N)cn3)ccc2F)N=C(N)S[C@@]2(C(=O)N3CC4CC3CO4)C=C21. The molecule has 1 aromatic heterocycles. The van der Waals surface area contributed by atoms with Crippen LogP contribution in [-0.2, 0) is 15.1 Å². The molecule has 4 heterocycles.